The Kier molecular flexibility index (Phi) is 11.0. The molecule has 0 radical (unpaired) electrons. The number of hydrogen-bond acceptors (Lipinski definition) is 2. The van der Waals surface area contributed by atoms with Gasteiger partial charge in [-0.15, -0.1) is 0 Å². The summed E-state index contributed by atoms with van der Waals surface area (Å²) in [6, 6.07) is 17.4. The maximum absolute atomic E-state index is 12.8. The molecule has 2 aromatic rings. The van der Waals surface area contributed by atoms with Crippen molar-refractivity contribution in [1.29, 1.82) is 0 Å². The van der Waals surface area contributed by atoms with E-state index < -0.39 is 0 Å². The number of hydrogen-bond donors (Lipinski definition) is 1. The average Bonchev–Trinajstić information content (AvgIpc) is 2.83. The molecule has 1 unspecified atom stereocenters. The van der Waals surface area contributed by atoms with Crippen LogP contribution in [0.3, 0.4) is 0 Å². The van der Waals surface area contributed by atoms with Gasteiger partial charge in [0, 0.05) is 29.0 Å². The van der Waals surface area contributed by atoms with E-state index in [0.717, 1.165) is 30.8 Å². The van der Waals surface area contributed by atoms with Gasteiger partial charge < -0.3 is 10.2 Å². The Labute approximate surface area is 203 Å². The van der Waals surface area contributed by atoms with Crippen LogP contribution in [0.5, 0.6) is 0 Å². The molecule has 182 valence electrons. The molecule has 1 atom stereocenters. The van der Waals surface area contributed by atoms with Crippen molar-refractivity contribution in [2.24, 2.45) is 11.3 Å². The number of rotatable bonds is 14. The number of aryl methyl sites for hydroxylation is 1. The van der Waals surface area contributed by atoms with Crippen LogP contribution in [0.15, 0.2) is 48.5 Å². The number of carbonyl (C=O) groups excluding carboxylic acids is 1. The summed E-state index contributed by atoms with van der Waals surface area (Å²) in [6.45, 7) is 13.9. The Morgan fingerprint density at radius 1 is 0.939 bits per heavy atom. The summed E-state index contributed by atoms with van der Waals surface area (Å²) in [4.78, 5) is 15.2. The van der Waals surface area contributed by atoms with Gasteiger partial charge in [0.15, 0.2) is 0 Å². The summed E-state index contributed by atoms with van der Waals surface area (Å²) in [5.41, 5.74) is 4.25. The van der Waals surface area contributed by atoms with Crippen LogP contribution in [0.25, 0.3) is 0 Å². The van der Waals surface area contributed by atoms with Crippen LogP contribution in [0, 0.1) is 11.3 Å². The van der Waals surface area contributed by atoms with Crippen molar-refractivity contribution in [2.75, 3.05) is 16.8 Å². The molecule has 33 heavy (non-hydrogen) atoms. The summed E-state index contributed by atoms with van der Waals surface area (Å²) in [7, 11) is 0. The zero-order chi connectivity index (χ0) is 24.3. The Morgan fingerprint density at radius 3 is 2.24 bits per heavy atom. The van der Waals surface area contributed by atoms with Crippen LogP contribution in [-0.2, 0) is 11.2 Å². The van der Waals surface area contributed by atoms with E-state index in [1.165, 1.54) is 49.8 Å². The predicted octanol–water partition coefficient (Wildman–Crippen LogP) is 8.76. The van der Waals surface area contributed by atoms with E-state index in [-0.39, 0.29) is 11.3 Å². The van der Waals surface area contributed by atoms with E-state index in [9.17, 15) is 4.79 Å². The molecule has 0 saturated heterocycles. The molecular formula is C30H46N2O. The Hall–Kier alpha value is -2.29. The first-order valence-electron chi connectivity index (χ1n) is 13.1. The molecule has 0 aromatic heterocycles. The van der Waals surface area contributed by atoms with Gasteiger partial charge in [-0.2, -0.15) is 0 Å². The minimum atomic E-state index is -0.378. The largest absolute Gasteiger partial charge is 0.341 e. The topological polar surface area (TPSA) is 32.3 Å². The molecule has 3 nitrogen and oxygen atoms in total. The zero-order valence-corrected chi connectivity index (χ0v) is 21.9. The molecule has 0 aliphatic carbocycles. The molecule has 0 fully saturated rings. The van der Waals surface area contributed by atoms with Crippen molar-refractivity contribution in [1.82, 2.24) is 0 Å². The summed E-state index contributed by atoms with van der Waals surface area (Å²) in [5.74, 6) is 0.713. The number of benzene rings is 2. The first kappa shape index (κ1) is 27.0. The van der Waals surface area contributed by atoms with Gasteiger partial charge in [-0.3, -0.25) is 4.79 Å². The van der Waals surface area contributed by atoms with Crippen molar-refractivity contribution in [3.8, 4) is 0 Å². The zero-order valence-electron chi connectivity index (χ0n) is 21.9. The van der Waals surface area contributed by atoms with Gasteiger partial charge in [-0.25, -0.2) is 0 Å². The molecule has 0 aliphatic heterocycles. The van der Waals surface area contributed by atoms with E-state index >= 15 is 0 Å². The SMILES string of the molecule is CCCCc1ccc(N(CC(CC)CCCC)c2cccc(NC(=O)C(C)(C)CC)c2)cc1. The normalized spacial score (nSPS) is 12.4. The molecule has 2 rings (SSSR count). The van der Waals surface area contributed by atoms with Crippen molar-refractivity contribution >= 4 is 23.0 Å². The Balaban J connectivity index is 2.33. The maximum Gasteiger partial charge on any atom is 0.230 e. The maximum atomic E-state index is 12.8. The van der Waals surface area contributed by atoms with Crippen molar-refractivity contribution in [3.63, 3.8) is 0 Å². The van der Waals surface area contributed by atoms with E-state index in [1.807, 2.05) is 19.9 Å². The fraction of sp³-hybridized carbons (Fsp3) is 0.567. The standard InChI is InChI=1S/C30H46N2O/c1-7-11-14-24(9-3)23-32(27-20-18-25(19-21-27)15-12-8-2)28-17-13-16-26(22-28)31-29(33)30(5,6)10-4/h13,16-22,24H,7-12,14-15,23H2,1-6H3,(H,31,33). The van der Waals surface area contributed by atoms with Gasteiger partial charge in [-0.1, -0.05) is 85.4 Å². The summed E-state index contributed by atoms with van der Waals surface area (Å²) in [6.07, 6.45) is 9.32. The molecule has 0 saturated carbocycles. The lowest BCUT2D eigenvalue weighted by molar-refractivity contribution is -0.124. The lowest BCUT2D eigenvalue weighted by Gasteiger charge is -2.30. The first-order chi connectivity index (χ1) is 15.8. The molecule has 3 heteroatoms. The molecule has 0 spiro atoms. The quantitative estimate of drug-likeness (QED) is 0.312. The van der Waals surface area contributed by atoms with Gasteiger partial charge in [0.2, 0.25) is 5.91 Å². The van der Waals surface area contributed by atoms with Crippen molar-refractivity contribution in [2.45, 2.75) is 92.9 Å². The minimum Gasteiger partial charge on any atom is -0.341 e. The van der Waals surface area contributed by atoms with Gasteiger partial charge in [0.1, 0.15) is 0 Å². The second-order valence-corrected chi connectivity index (χ2v) is 10.0. The lowest BCUT2D eigenvalue weighted by Crippen LogP contribution is -2.30. The van der Waals surface area contributed by atoms with Crippen LogP contribution in [-0.4, -0.2) is 12.5 Å². The molecule has 1 amide bonds. The molecule has 2 aromatic carbocycles. The van der Waals surface area contributed by atoms with Crippen LogP contribution in [0.1, 0.15) is 92.1 Å². The third-order valence-electron chi connectivity index (χ3n) is 6.97. The van der Waals surface area contributed by atoms with E-state index in [1.54, 1.807) is 0 Å². The number of nitrogens with zero attached hydrogens (tertiary/aromatic N) is 1. The first-order valence-corrected chi connectivity index (χ1v) is 13.1. The smallest absolute Gasteiger partial charge is 0.230 e. The highest BCUT2D eigenvalue weighted by Crippen LogP contribution is 2.31. The predicted molar refractivity (Wildman–Crippen MR) is 145 cm³/mol. The van der Waals surface area contributed by atoms with Gasteiger partial charge in [0.25, 0.3) is 0 Å². The molecule has 0 aliphatic rings. The Bertz CT molecular complexity index is 841. The number of amides is 1. The molecule has 0 heterocycles. The highest BCUT2D eigenvalue weighted by Gasteiger charge is 2.25. The number of nitrogens with one attached hydrogen (secondary N) is 1. The molecule has 0 bridgehead atoms. The highest BCUT2D eigenvalue weighted by atomic mass is 16.2. The third kappa shape index (κ3) is 8.21. The monoisotopic (exact) mass is 450 g/mol. The fourth-order valence-corrected chi connectivity index (χ4v) is 3.97. The van der Waals surface area contributed by atoms with Crippen LogP contribution < -0.4 is 10.2 Å². The summed E-state index contributed by atoms with van der Waals surface area (Å²) in [5, 5.41) is 3.15. The average molecular weight is 451 g/mol. The fourth-order valence-electron chi connectivity index (χ4n) is 3.97. The summed E-state index contributed by atoms with van der Waals surface area (Å²) >= 11 is 0. The van der Waals surface area contributed by atoms with Gasteiger partial charge in [0.05, 0.1) is 0 Å². The Morgan fingerprint density at radius 2 is 1.64 bits per heavy atom. The van der Waals surface area contributed by atoms with E-state index in [4.69, 9.17) is 0 Å². The minimum absolute atomic E-state index is 0.0726. The molecular weight excluding hydrogens is 404 g/mol. The van der Waals surface area contributed by atoms with Crippen molar-refractivity contribution in [3.05, 3.63) is 54.1 Å². The second-order valence-electron chi connectivity index (χ2n) is 10.0. The van der Waals surface area contributed by atoms with Crippen LogP contribution in [0.2, 0.25) is 0 Å². The summed E-state index contributed by atoms with van der Waals surface area (Å²) < 4.78 is 0. The van der Waals surface area contributed by atoms with Gasteiger partial charge in [-0.05, 0) is 67.5 Å². The number of carbonyl (C=O) groups is 1. The number of anilines is 3. The van der Waals surface area contributed by atoms with E-state index in [0.29, 0.717) is 5.92 Å². The highest BCUT2D eigenvalue weighted by molar-refractivity contribution is 5.95. The van der Waals surface area contributed by atoms with Crippen LogP contribution >= 0.6 is 0 Å². The number of unbranched alkanes of at least 4 members (excludes halogenated alkanes) is 2. The lowest BCUT2D eigenvalue weighted by atomic mass is 9.89. The van der Waals surface area contributed by atoms with E-state index in [2.05, 4.69) is 80.4 Å². The van der Waals surface area contributed by atoms with Crippen LogP contribution in [0.4, 0.5) is 17.1 Å². The van der Waals surface area contributed by atoms with Gasteiger partial charge >= 0.3 is 0 Å². The second kappa shape index (κ2) is 13.4. The third-order valence-corrected chi connectivity index (χ3v) is 6.97. The van der Waals surface area contributed by atoms with Crippen molar-refractivity contribution < 1.29 is 4.79 Å². The molecule has 1 N–H and O–H groups in total.